The fraction of sp³-hybridized carbons (Fsp3) is 0.133. The van der Waals surface area contributed by atoms with Gasteiger partial charge in [-0.1, -0.05) is 30.3 Å². The van der Waals surface area contributed by atoms with Crippen LogP contribution in [0.15, 0.2) is 42.7 Å². The van der Waals surface area contributed by atoms with Crippen LogP contribution in [0.4, 0.5) is 5.82 Å². The normalized spacial score (nSPS) is 12.2. The van der Waals surface area contributed by atoms with Crippen molar-refractivity contribution in [1.29, 1.82) is 0 Å². The molecule has 0 aliphatic rings. The lowest BCUT2D eigenvalue weighted by Gasteiger charge is -2.16. The molecule has 2 aromatic heterocycles. The van der Waals surface area contributed by atoms with E-state index in [2.05, 4.69) is 15.3 Å². The minimum absolute atomic E-state index is 0.445. The number of thiophene rings is 1. The number of rotatable bonds is 4. The van der Waals surface area contributed by atoms with Gasteiger partial charge in [-0.15, -0.1) is 11.3 Å². The molecule has 6 heteroatoms. The smallest absolute Gasteiger partial charge is 0.244 e. The van der Waals surface area contributed by atoms with Crippen molar-refractivity contribution in [2.45, 2.75) is 13.0 Å². The minimum Gasteiger partial charge on any atom is -0.368 e. The number of anilines is 1. The van der Waals surface area contributed by atoms with Gasteiger partial charge in [0, 0.05) is 4.88 Å². The molecule has 0 saturated carbocycles. The van der Waals surface area contributed by atoms with E-state index >= 15 is 0 Å². The average molecular weight is 298 g/mol. The molecule has 21 heavy (non-hydrogen) atoms. The van der Waals surface area contributed by atoms with Crippen molar-refractivity contribution in [1.82, 2.24) is 9.97 Å². The van der Waals surface area contributed by atoms with Gasteiger partial charge in [-0.05, 0) is 18.6 Å². The van der Waals surface area contributed by atoms with Gasteiger partial charge < -0.3 is 11.1 Å². The Morgan fingerprint density at radius 2 is 2.05 bits per heavy atom. The quantitative estimate of drug-likeness (QED) is 0.776. The summed E-state index contributed by atoms with van der Waals surface area (Å²) >= 11 is 1.59. The summed E-state index contributed by atoms with van der Waals surface area (Å²) in [6.07, 6.45) is 1.49. The standard InChI is InChI=1S/C15H14N4OS/c1-9-7-11-14(17-8-18-15(11)21-9)19-12(13(16)20)10-5-3-2-4-6-10/h2-8,12H,1H3,(H2,16,20)(H,17,18,19). The molecular formula is C15H14N4OS. The Bertz CT molecular complexity index is 785. The third-order valence-electron chi connectivity index (χ3n) is 3.15. The first kappa shape index (κ1) is 13.5. The summed E-state index contributed by atoms with van der Waals surface area (Å²) in [6, 6.07) is 10.7. The fourth-order valence-electron chi connectivity index (χ4n) is 2.19. The molecule has 2 heterocycles. The molecule has 0 radical (unpaired) electrons. The molecular weight excluding hydrogens is 284 g/mol. The van der Waals surface area contributed by atoms with Gasteiger partial charge in [0.25, 0.3) is 0 Å². The third kappa shape index (κ3) is 2.71. The van der Waals surface area contributed by atoms with Crippen LogP contribution in [0, 0.1) is 6.92 Å². The summed E-state index contributed by atoms with van der Waals surface area (Å²) in [7, 11) is 0. The number of hydrogen-bond donors (Lipinski definition) is 2. The van der Waals surface area contributed by atoms with E-state index in [-0.39, 0.29) is 0 Å². The molecule has 0 spiro atoms. The number of nitrogens with zero attached hydrogens (tertiary/aromatic N) is 2. The SMILES string of the molecule is Cc1cc2c(NC(C(N)=O)c3ccccc3)ncnc2s1. The number of aryl methyl sites for hydroxylation is 1. The number of benzene rings is 1. The lowest BCUT2D eigenvalue weighted by Crippen LogP contribution is -2.28. The summed E-state index contributed by atoms with van der Waals surface area (Å²) in [5, 5.41) is 4.04. The highest BCUT2D eigenvalue weighted by atomic mass is 32.1. The van der Waals surface area contributed by atoms with E-state index in [0.717, 1.165) is 20.7 Å². The zero-order valence-electron chi connectivity index (χ0n) is 11.4. The van der Waals surface area contributed by atoms with Crippen LogP contribution in [-0.4, -0.2) is 15.9 Å². The minimum atomic E-state index is -0.621. The fourth-order valence-corrected chi connectivity index (χ4v) is 3.04. The largest absolute Gasteiger partial charge is 0.368 e. The Kier molecular flexibility index (Phi) is 3.53. The van der Waals surface area contributed by atoms with Crippen LogP contribution in [0.5, 0.6) is 0 Å². The molecule has 3 N–H and O–H groups in total. The maximum Gasteiger partial charge on any atom is 0.244 e. The van der Waals surface area contributed by atoms with Crippen LogP contribution < -0.4 is 11.1 Å². The van der Waals surface area contributed by atoms with Gasteiger partial charge >= 0.3 is 0 Å². The Balaban J connectivity index is 2.01. The molecule has 1 amide bonds. The van der Waals surface area contributed by atoms with Crippen LogP contribution in [0.3, 0.4) is 0 Å². The number of fused-ring (bicyclic) bond motifs is 1. The Hall–Kier alpha value is -2.47. The molecule has 1 atom stereocenters. The molecule has 0 saturated heterocycles. The summed E-state index contributed by atoms with van der Waals surface area (Å²) < 4.78 is 0. The second-order valence-electron chi connectivity index (χ2n) is 4.69. The van der Waals surface area contributed by atoms with Crippen molar-refractivity contribution >= 4 is 33.3 Å². The van der Waals surface area contributed by atoms with Gasteiger partial charge in [0.05, 0.1) is 5.39 Å². The first-order chi connectivity index (χ1) is 10.1. The number of aromatic nitrogens is 2. The molecule has 0 bridgehead atoms. The van der Waals surface area contributed by atoms with Crippen molar-refractivity contribution in [2.75, 3.05) is 5.32 Å². The highest BCUT2D eigenvalue weighted by Crippen LogP contribution is 2.29. The highest BCUT2D eigenvalue weighted by Gasteiger charge is 2.19. The number of nitrogens with one attached hydrogen (secondary N) is 1. The van der Waals surface area contributed by atoms with Crippen LogP contribution in [0.25, 0.3) is 10.2 Å². The van der Waals surface area contributed by atoms with Crippen LogP contribution in [0.1, 0.15) is 16.5 Å². The van der Waals surface area contributed by atoms with Crippen molar-refractivity contribution < 1.29 is 4.79 Å². The van der Waals surface area contributed by atoms with Crippen LogP contribution in [-0.2, 0) is 4.79 Å². The molecule has 3 rings (SSSR count). The molecule has 1 unspecified atom stereocenters. The lowest BCUT2D eigenvalue weighted by atomic mass is 10.1. The first-order valence-corrected chi connectivity index (χ1v) is 7.29. The maximum absolute atomic E-state index is 11.8. The number of nitrogens with two attached hydrogens (primary N) is 1. The number of carbonyl (C=O) groups is 1. The molecule has 5 nitrogen and oxygen atoms in total. The van der Waals surface area contributed by atoms with Crippen LogP contribution >= 0.6 is 11.3 Å². The number of hydrogen-bond acceptors (Lipinski definition) is 5. The Morgan fingerprint density at radius 1 is 1.29 bits per heavy atom. The highest BCUT2D eigenvalue weighted by molar-refractivity contribution is 7.18. The summed E-state index contributed by atoms with van der Waals surface area (Å²) in [6.45, 7) is 2.01. The second kappa shape index (κ2) is 5.49. The Morgan fingerprint density at radius 3 is 2.76 bits per heavy atom. The predicted molar refractivity (Wildman–Crippen MR) is 84.2 cm³/mol. The van der Waals surface area contributed by atoms with Gasteiger partial charge in [0.2, 0.25) is 5.91 Å². The van der Waals surface area contributed by atoms with Crippen molar-refractivity contribution in [2.24, 2.45) is 5.73 Å². The third-order valence-corrected chi connectivity index (χ3v) is 4.11. The van der Waals surface area contributed by atoms with Gasteiger partial charge in [-0.3, -0.25) is 4.79 Å². The second-order valence-corrected chi connectivity index (χ2v) is 5.92. The van der Waals surface area contributed by atoms with Crippen molar-refractivity contribution in [3.63, 3.8) is 0 Å². The van der Waals surface area contributed by atoms with E-state index in [1.807, 2.05) is 43.3 Å². The maximum atomic E-state index is 11.8. The molecule has 3 aromatic rings. The molecule has 0 fully saturated rings. The van der Waals surface area contributed by atoms with Gasteiger partial charge in [0.15, 0.2) is 0 Å². The molecule has 106 valence electrons. The van der Waals surface area contributed by atoms with Crippen LogP contribution in [0.2, 0.25) is 0 Å². The van der Waals surface area contributed by atoms with E-state index < -0.39 is 11.9 Å². The van der Waals surface area contributed by atoms with E-state index in [1.165, 1.54) is 6.33 Å². The zero-order chi connectivity index (χ0) is 14.8. The topological polar surface area (TPSA) is 80.9 Å². The average Bonchev–Trinajstić information content (AvgIpc) is 2.86. The van der Waals surface area contributed by atoms with Gasteiger partial charge in [0.1, 0.15) is 23.0 Å². The van der Waals surface area contributed by atoms with Crippen molar-refractivity contribution in [3.8, 4) is 0 Å². The number of carbonyl (C=O) groups excluding carboxylic acids is 1. The summed E-state index contributed by atoms with van der Waals surface area (Å²) in [5.41, 5.74) is 6.33. The molecule has 0 aliphatic carbocycles. The van der Waals surface area contributed by atoms with E-state index in [4.69, 9.17) is 5.73 Å². The monoisotopic (exact) mass is 298 g/mol. The predicted octanol–water partition coefficient (Wildman–Crippen LogP) is 2.64. The zero-order valence-corrected chi connectivity index (χ0v) is 12.2. The molecule has 0 aliphatic heterocycles. The van der Waals surface area contributed by atoms with E-state index in [9.17, 15) is 4.79 Å². The summed E-state index contributed by atoms with van der Waals surface area (Å²) in [4.78, 5) is 22.3. The van der Waals surface area contributed by atoms with Gasteiger partial charge in [-0.2, -0.15) is 0 Å². The van der Waals surface area contributed by atoms with Gasteiger partial charge in [-0.25, -0.2) is 9.97 Å². The summed E-state index contributed by atoms with van der Waals surface area (Å²) in [5.74, 6) is 0.178. The Labute approximate surface area is 125 Å². The lowest BCUT2D eigenvalue weighted by molar-refractivity contribution is -0.118. The van der Waals surface area contributed by atoms with E-state index in [0.29, 0.717) is 5.82 Å². The molecule has 1 aromatic carbocycles. The first-order valence-electron chi connectivity index (χ1n) is 6.47. The number of primary amides is 1. The number of amides is 1. The van der Waals surface area contributed by atoms with Crippen molar-refractivity contribution in [3.05, 3.63) is 53.2 Å². The van der Waals surface area contributed by atoms with E-state index in [1.54, 1.807) is 11.3 Å².